The maximum Gasteiger partial charge on any atom is 0.119 e. The summed E-state index contributed by atoms with van der Waals surface area (Å²) in [6, 6.07) is 5.79. The maximum absolute atomic E-state index is 8.67. The summed E-state index contributed by atoms with van der Waals surface area (Å²) in [7, 11) is 0. The molecule has 0 aromatic carbocycles. The summed E-state index contributed by atoms with van der Waals surface area (Å²) in [4.78, 5) is 4.30. The molecule has 2 nitrogen and oxygen atoms in total. The topological polar surface area (TPSA) is 36.7 Å². The number of hydrogen-bond donors (Lipinski definition) is 0. The number of rotatable bonds is 3. The van der Waals surface area contributed by atoms with Gasteiger partial charge in [0.2, 0.25) is 0 Å². The lowest BCUT2D eigenvalue weighted by Gasteiger charge is -1.99. The first-order chi connectivity index (χ1) is 6.27. The highest BCUT2D eigenvalue weighted by Crippen LogP contribution is 2.10. The first-order valence-electron chi connectivity index (χ1n) is 3.94. The Hall–Kier alpha value is -0.890. The highest BCUT2D eigenvalue weighted by molar-refractivity contribution is 14.1. The number of allylic oxidation sites excluding steroid dienone is 1. The van der Waals surface area contributed by atoms with Crippen LogP contribution in [0.1, 0.15) is 17.7 Å². The number of aryl methyl sites for hydroxylation is 1. The molecule has 0 unspecified atom stereocenters. The molecule has 1 aromatic rings. The zero-order valence-electron chi connectivity index (χ0n) is 7.13. The molecular formula is C10H9IN2. The summed E-state index contributed by atoms with van der Waals surface area (Å²) >= 11 is 2.08. The van der Waals surface area contributed by atoms with E-state index in [1.54, 1.807) is 0 Å². The van der Waals surface area contributed by atoms with Crippen molar-refractivity contribution in [2.24, 2.45) is 0 Å². The lowest BCUT2D eigenvalue weighted by molar-refractivity contribution is 0.935. The predicted molar refractivity (Wildman–Crippen MR) is 60.2 cm³/mol. The van der Waals surface area contributed by atoms with Crippen molar-refractivity contribution in [1.29, 1.82) is 5.26 Å². The number of nitriles is 1. The molecular weight excluding hydrogens is 275 g/mol. The Labute approximate surface area is 91.4 Å². The number of halogens is 1. The molecule has 0 fully saturated rings. The minimum absolute atomic E-state index is 0.642. The van der Waals surface area contributed by atoms with E-state index < -0.39 is 0 Å². The standard InChI is InChI=1S/C10H9IN2/c1-2-3-4-9-6-5-8(7-12)10(11)13-9/h2,5-6H,1,3-4H2. The van der Waals surface area contributed by atoms with E-state index in [1.165, 1.54) is 0 Å². The quantitative estimate of drug-likeness (QED) is 0.486. The van der Waals surface area contributed by atoms with Crippen molar-refractivity contribution in [3.05, 3.63) is 39.7 Å². The molecule has 0 saturated heterocycles. The molecule has 0 N–H and O–H groups in total. The van der Waals surface area contributed by atoms with Gasteiger partial charge >= 0.3 is 0 Å². The van der Waals surface area contributed by atoms with Crippen LogP contribution in [0.4, 0.5) is 0 Å². The highest BCUT2D eigenvalue weighted by Gasteiger charge is 2.00. The van der Waals surface area contributed by atoms with Gasteiger partial charge in [-0.25, -0.2) is 4.98 Å². The van der Waals surface area contributed by atoms with Crippen LogP contribution in [-0.2, 0) is 6.42 Å². The molecule has 66 valence electrons. The smallest absolute Gasteiger partial charge is 0.119 e. The van der Waals surface area contributed by atoms with Gasteiger partial charge in [0.05, 0.1) is 5.56 Å². The average Bonchev–Trinajstić information content (AvgIpc) is 2.15. The Bertz CT molecular complexity index is 352. The van der Waals surface area contributed by atoms with Gasteiger partial charge in [-0.05, 0) is 47.6 Å². The second-order valence-electron chi connectivity index (χ2n) is 2.58. The SMILES string of the molecule is C=CCCc1ccc(C#N)c(I)n1. The first kappa shape index (κ1) is 10.2. The van der Waals surface area contributed by atoms with E-state index in [0.29, 0.717) is 5.56 Å². The fourth-order valence-corrected chi connectivity index (χ4v) is 1.55. The van der Waals surface area contributed by atoms with E-state index in [0.717, 1.165) is 22.2 Å². The van der Waals surface area contributed by atoms with Gasteiger partial charge in [-0.2, -0.15) is 5.26 Å². The summed E-state index contributed by atoms with van der Waals surface area (Å²) < 4.78 is 0.779. The molecule has 0 aliphatic heterocycles. The van der Waals surface area contributed by atoms with E-state index in [1.807, 2.05) is 18.2 Å². The van der Waals surface area contributed by atoms with Crippen molar-refractivity contribution in [3.8, 4) is 6.07 Å². The summed E-state index contributed by atoms with van der Waals surface area (Å²) in [5, 5.41) is 8.67. The third-order valence-electron chi connectivity index (χ3n) is 1.63. The third kappa shape index (κ3) is 2.81. The molecule has 0 saturated carbocycles. The van der Waals surface area contributed by atoms with Gasteiger partial charge < -0.3 is 0 Å². The zero-order valence-corrected chi connectivity index (χ0v) is 9.28. The van der Waals surface area contributed by atoms with E-state index in [-0.39, 0.29) is 0 Å². The average molecular weight is 284 g/mol. The maximum atomic E-state index is 8.67. The summed E-state index contributed by atoms with van der Waals surface area (Å²) in [6.45, 7) is 3.65. The lowest BCUT2D eigenvalue weighted by Crippen LogP contribution is -1.94. The molecule has 3 heteroatoms. The molecule has 0 aliphatic carbocycles. The Morgan fingerprint density at radius 1 is 1.62 bits per heavy atom. The van der Waals surface area contributed by atoms with Crippen LogP contribution in [0.25, 0.3) is 0 Å². The van der Waals surface area contributed by atoms with Crippen LogP contribution in [-0.4, -0.2) is 4.98 Å². The number of nitrogens with zero attached hydrogens (tertiary/aromatic N) is 2. The van der Waals surface area contributed by atoms with Gasteiger partial charge in [-0.3, -0.25) is 0 Å². The Balaban J connectivity index is 2.84. The van der Waals surface area contributed by atoms with Gasteiger partial charge in [-0.15, -0.1) is 6.58 Å². The van der Waals surface area contributed by atoms with Crippen LogP contribution in [0, 0.1) is 15.0 Å². The Kier molecular flexibility index (Phi) is 3.90. The monoisotopic (exact) mass is 284 g/mol. The number of hydrogen-bond acceptors (Lipinski definition) is 2. The molecule has 0 spiro atoms. The fraction of sp³-hybridized carbons (Fsp3) is 0.200. The molecule has 13 heavy (non-hydrogen) atoms. The van der Waals surface area contributed by atoms with Crippen LogP contribution in [0.3, 0.4) is 0 Å². The van der Waals surface area contributed by atoms with Crippen molar-refractivity contribution >= 4 is 22.6 Å². The van der Waals surface area contributed by atoms with Crippen molar-refractivity contribution in [3.63, 3.8) is 0 Å². The molecule has 0 aliphatic rings. The summed E-state index contributed by atoms with van der Waals surface area (Å²) in [5.74, 6) is 0. The van der Waals surface area contributed by atoms with Gasteiger partial charge in [0.25, 0.3) is 0 Å². The van der Waals surface area contributed by atoms with Crippen molar-refractivity contribution in [2.45, 2.75) is 12.8 Å². The van der Waals surface area contributed by atoms with Crippen LogP contribution in [0.2, 0.25) is 0 Å². The Morgan fingerprint density at radius 2 is 2.38 bits per heavy atom. The summed E-state index contributed by atoms with van der Waals surface area (Å²) in [6.07, 6.45) is 3.69. The van der Waals surface area contributed by atoms with Gasteiger partial charge in [0.15, 0.2) is 0 Å². The second kappa shape index (κ2) is 4.97. The first-order valence-corrected chi connectivity index (χ1v) is 5.02. The minimum Gasteiger partial charge on any atom is -0.245 e. The lowest BCUT2D eigenvalue weighted by atomic mass is 10.2. The van der Waals surface area contributed by atoms with Crippen LogP contribution in [0.5, 0.6) is 0 Å². The van der Waals surface area contributed by atoms with E-state index in [4.69, 9.17) is 5.26 Å². The molecule has 0 amide bonds. The minimum atomic E-state index is 0.642. The van der Waals surface area contributed by atoms with Gasteiger partial charge in [-0.1, -0.05) is 6.08 Å². The van der Waals surface area contributed by atoms with Crippen LogP contribution in [0.15, 0.2) is 24.8 Å². The van der Waals surface area contributed by atoms with E-state index in [2.05, 4.69) is 40.2 Å². The largest absolute Gasteiger partial charge is 0.245 e. The van der Waals surface area contributed by atoms with E-state index >= 15 is 0 Å². The summed E-state index contributed by atoms with van der Waals surface area (Å²) in [5.41, 5.74) is 1.66. The van der Waals surface area contributed by atoms with Gasteiger partial charge in [0.1, 0.15) is 9.77 Å². The predicted octanol–water partition coefficient (Wildman–Crippen LogP) is 2.68. The molecule has 0 atom stereocenters. The van der Waals surface area contributed by atoms with Crippen LogP contribution < -0.4 is 0 Å². The van der Waals surface area contributed by atoms with E-state index in [9.17, 15) is 0 Å². The molecule has 1 rings (SSSR count). The highest BCUT2D eigenvalue weighted by atomic mass is 127. The third-order valence-corrected chi connectivity index (χ3v) is 2.45. The van der Waals surface area contributed by atoms with Crippen molar-refractivity contribution < 1.29 is 0 Å². The van der Waals surface area contributed by atoms with Gasteiger partial charge in [0, 0.05) is 5.69 Å². The number of aromatic nitrogens is 1. The molecule has 1 heterocycles. The molecule has 0 radical (unpaired) electrons. The normalized spacial score (nSPS) is 9.23. The zero-order chi connectivity index (χ0) is 9.68. The van der Waals surface area contributed by atoms with Crippen LogP contribution >= 0.6 is 22.6 Å². The molecule has 1 aromatic heterocycles. The van der Waals surface area contributed by atoms with Crippen molar-refractivity contribution in [1.82, 2.24) is 4.98 Å². The second-order valence-corrected chi connectivity index (χ2v) is 3.60. The molecule has 0 bridgehead atoms. The van der Waals surface area contributed by atoms with Crippen molar-refractivity contribution in [2.75, 3.05) is 0 Å². The Morgan fingerprint density at radius 3 is 2.92 bits per heavy atom. The number of pyridine rings is 1. The fourth-order valence-electron chi connectivity index (χ4n) is 0.944.